The van der Waals surface area contributed by atoms with Crippen LogP contribution >= 0.6 is 0 Å². The van der Waals surface area contributed by atoms with Crippen LogP contribution in [0.5, 0.6) is 0 Å². The molecule has 1 N–H and O–H groups in total. The van der Waals surface area contributed by atoms with Crippen molar-refractivity contribution in [2.24, 2.45) is 11.8 Å². The molecule has 1 heterocycles. The summed E-state index contributed by atoms with van der Waals surface area (Å²) in [5.74, 6) is 0.921. The van der Waals surface area contributed by atoms with E-state index in [9.17, 15) is 5.11 Å². The molecule has 1 spiro atoms. The summed E-state index contributed by atoms with van der Waals surface area (Å²) in [5, 5.41) is 10.5. The van der Waals surface area contributed by atoms with Crippen molar-refractivity contribution in [2.45, 2.75) is 76.9 Å². The predicted octanol–water partition coefficient (Wildman–Crippen LogP) is 3.52. The highest BCUT2D eigenvalue weighted by atomic mass is 16.5. The van der Waals surface area contributed by atoms with E-state index in [2.05, 4.69) is 13.8 Å². The molecular formula is C15H28O2. The second kappa shape index (κ2) is 5.71. The van der Waals surface area contributed by atoms with Gasteiger partial charge in [-0.05, 0) is 43.9 Å². The molecule has 0 aromatic rings. The Balaban J connectivity index is 1.92. The third-order valence-electron chi connectivity index (χ3n) is 4.86. The van der Waals surface area contributed by atoms with Gasteiger partial charge in [0.2, 0.25) is 0 Å². The molecule has 1 aliphatic heterocycles. The average molecular weight is 240 g/mol. The predicted molar refractivity (Wildman–Crippen MR) is 70.0 cm³/mol. The Hall–Kier alpha value is -0.0800. The lowest BCUT2D eigenvalue weighted by atomic mass is 9.77. The quantitative estimate of drug-likeness (QED) is 0.814. The van der Waals surface area contributed by atoms with Crippen LogP contribution < -0.4 is 0 Å². The highest BCUT2D eigenvalue weighted by molar-refractivity contribution is 4.93. The molecule has 3 atom stereocenters. The number of rotatable bonds is 4. The zero-order valence-corrected chi connectivity index (χ0v) is 11.5. The first kappa shape index (κ1) is 13.4. The summed E-state index contributed by atoms with van der Waals surface area (Å²) in [4.78, 5) is 0. The van der Waals surface area contributed by atoms with Crippen molar-refractivity contribution < 1.29 is 9.84 Å². The highest BCUT2D eigenvalue weighted by Gasteiger charge is 2.42. The number of hydrogen-bond donors (Lipinski definition) is 1. The number of hydrogen-bond acceptors (Lipinski definition) is 2. The van der Waals surface area contributed by atoms with Gasteiger partial charge in [-0.25, -0.2) is 0 Å². The Labute approximate surface area is 106 Å². The monoisotopic (exact) mass is 240 g/mol. The first-order chi connectivity index (χ1) is 8.17. The molecule has 100 valence electrons. The van der Waals surface area contributed by atoms with Gasteiger partial charge in [0.25, 0.3) is 0 Å². The van der Waals surface area contributed by atoms with Crippen LogP contribution in [0.3, 0.4) is 0 Å². The van der Waals surface area contributed by atoms with Crippen LogP contribution in [0.25, 0.3) is 0 Å². The van der Waals surface area contributed by atoms with Gasteiger partial charge in [-0.15, -0.1) is 0 Å². The van der Waals surface area contributed by atoms with Crippen molar-refractivity contribution >= 4 is 0 Å². The topological polar surface area (TPSA) is 29.5 Å². The minimum absolute atomic E-state index is 0.115. The molecule has 2 fully saturated rings. The van der Waals surface area contributed by atoms with Crippen molar-refractivity contribution in [2.75, 3.05) is 6.61 Å². The zero-order chi connectivity index (χ0) is 12.3. The molecule has 1 saturated heterocycles. The van der Waals surface area contributed by atoms with Gasteiger partial charge in [0, 0.05) is 6.61 Å². The fourth-order valence-corrected chi connectivity index (χ4v) is 3.82. The molecule has 1 aliphatic carbocycles. The van der Waals surface area contributed by atoms with E-state index in [1.54, 1.807) is 0 Å². The van der Waals surface area contributed by atoms with Crippen molar-refractivity contribution in [3.8, 4) is 0 Å². The molecule has 2 heteroatoms. The fourth-order valence-electron chi connectivity index (χ4n) is 3.82. The lowest BCUT2D eigenvalue weighted by Gasteiger charge is -2.41. The molecule has 0 aromatic carbocycles. The van der Waals surface area contributed by atoms with Gasteiger partial charge in [0.05, 0.1) is 11.7 Å². The van der Waals surface area contributed by atoms with Crippen LogP contribution in [0.4, 0.5) is 0 Å². The van der Waals surface area contributed by atoms with E-state index in [0.29, 0.717) is 11.8 Å². The van der Waals surface area contributed by atoms with Crippen molar-refractivity contribution in [1.82, 2.24) is 0 Å². The molecule has 3 unspecified atom stereocenters. The van der Waals surface area contributed by atoms with Gasteiger partial charge in [0.15, 0.2) is 0 Å². The number of aliphatic hydroxyl groups excluding tert-OH is 1. The first-order valence-electron chi connectivity index (χ1n) is 7.49. The summed E-state index contributed by atoms with van der Waals surface area (Å²) in [6.07, 6.45) is 9.42. The summed E-state index contributed by atoms with van der Waals surface area (Å²) in [5.41, 5.74) is 0.149. The van der Waals surface area contributed by atoms with Gasteiger partial charge in [-0.2, -0.15) is 0 Å². The minimum Gasteiger partial charge on any atom is -0.393 e. The molecule has 2 nitrogen and oxygen atoms in total. The highest BCUT2D eigenvalue weighted by Crippen LogP contribution is 2.43. The maximum Gasteiger partial charge on any atom is 0.0686 e. The lowest BCUT2D eigenvalue weighted by molar-refractivity contribution is -0.119. The van der Waals surface area contributed by atoms with Gasteiger partial charge >= 0.3 is 0 Å². The standard InChI is InChI=1S/C15H28O2/c1-3-6-12(2)14(16)13-7-10-17-15(11-13)8-4-5-9-15/h12-14,16H,3-11H2,1-2H3. The molecule has 1 saturated carbocycles. The molecule has 0 aromatic heterocycles. The van der Waals surface area contributed by atoms with Gasteiger partial charge < -0.3 is 9.84 Å². The SMILES string of the molecule is CCCC(C)C(O)C1CCOC2(CCCC2)C1. The first-order valence-corrected chi connectivity index (χ1v) is 7.49. The van der Waals surface area contributed by atoms with Crippen molar-refractivity contribution in [3.05, 3.63) is 0 Å². The molecule has 2 rings (SSSR count). The zero-order valence-electron chi connectivity index (χ0n) is 11.5. The average Bonchev–Trinajstić information content (AvgIpc) is 2.76. The van der Waals surface area contributed by atoms with Gasteiger partial charge in [0.1, 0.15) is 0 Å². The summed E-state index contributed by atoms with van der Waals surface area (Å²) >= 11 is 0. The summed E-state index contributed by atoms with van der Waals surface area (Å²) < 4.78 is 6.04. The molecule has 17 heavy (non-hydrogen) atoms. The smallest absolute Gasteiger partial charge is 0.0686 e. The van der Waals surface area contributed by atoms with Crippen LogP contribution in [0.2, 0.25) is 0 Å². The van der Waals surface area contributed by atoms with E-state index in [1.807, 2.05) is 0 Å². The summed E-state index contributed by atoms with van der Waals surface area (Å²) in [6.45, 7) is 5.26. The van der Waals surface area contributed by atoms with E-state index < -0.39 is 0 Å². The Morgan fingerprint density at radius 3 is 2.71 bits per heavy atom. The Kier molecular flexibility index (Phi) is 4.48. The van der Waals surface area contributed by atoms with E-state index in [0.717, 1.165) is 25.9 Å². The Morgan fingerprint density at radius 2 is 2.06 bits per heavy atom. The number of ether oxygens (including phenoxy) is 1. The second-order valence-electron chi connectivity index (χ2n) is 6.25. The van der Waals surface area contributed by atoms with Gasteiger partial charge in [-0.3, -0.25) is 0 Å². The number of aliphatic hydroxyl groups is 1. The fraction of sp³-hybridized carbons (Fsp3) is 1.00. The molecule has 2 aliphatic rings. The minimum atomic E-state index is -0.115. The summed E-state index contributed by atoms with van der Waals surface area (Å²) in [7, 11) is 0. The lowest BCUT2D eigenvalue weighted by Crippen LogP contribution is -2.42. The third-order valence-corrected chi connectivity index (χ3v) is 4.86. The maximum absolute atomic E-state index is 10.5. The van der Waals surface area contributed by atoms with E-state index in [1.165, 1.54) is 32.1 Å². The van der Waals surface area contributed by atoms with Gasteiger partial charge in [-0.1, -0.05) is 33.1 Å². The maximum atomic E-state index is 10.5. The second-order valence-corrected chi connectivity index (χ2v) is 6.25. The van der Waals surface area contributed by atoms with Crippen LogP contribution in [0, 0.1) is 11.8 Å². The van der Waals surface area contributed by atoms with Crippen molar-refractivity contribution in [1.29, 1.82) is 0 Å². The molecular weight excluding hydrogens is 212 g/mol. The largest absolute Gasteiger partial charge is 0.393 e. The Bertz CT molecular complexity index is 233. The summed E-state index contributed by atoms with van der Waals surface area (Å²) in [6, 6.07) is 0. The van der Waals surface area contributed by atoms with Crippen LogP contribution in [-0.4, -0.2) is 23.4 Å². The van der Waals surface area contributed by atoms with Crippen LogP contribution in [-0.2, 0) is 4.74 Å². The van der Waals surface area contributed by atoms with Crippen LogP contribution in [0.1, 0.15) is 65.2 Å². The van der Waals surface area contributed by atoms with Crippen LogP contribution in [0.15, 0.2) is 0 Å². The molecule has 0 amide bonds. The Morgan fingerprint density at radius 1 is 1.35 bits per heavy atom. The van der Waals surface area contributed by atoms with E-state index >= 15 is 0 Å². The molecule has 0 radical (unpaired) electrons. The van der Waals surface area contributed by atoms with Crippen molar-refractivity contribution in [3.63, 3.8) is 0 Å². The van der Waals surface area contributed by atoms with E-state index in [4.69, 9.17) is 4.74 Å². The normalized spacial score (nSPS) is 31.6. The third kappa shape index (κ3) is 3.03. The van der Waals surface area contributed by atoms with E-state index in [-0.39, 0.29) is 11.7 Å². The molecule has 0 bridgehead atoms.